The highest BCUT2D eigenvalue weighted by Crippen LogP contribution is 2.51. The van der Waals surface area contributed by atoms with Gasteiger partial charge in [0.25, 0.3) is 0 Å². The van der Waals surface area contributed by atoms with Crippen molar-refractivity contribution in [1.29, 1.82) is 0 Å². The number of nitrogens with zero attached hydrogens (tertiary/aromatic N) is 1. The Labute approximate surface area is 112 Å². The maximum Gasteiger partial charge on any atom is 0.307 e. The van der Waals surface area contributed by atoms with Crippen LogP contribution in [0.4, 0.5) is 0 Å². The summed E-state index contributed by atoms with van der Waals surface area (Å²) in [5, 5.41) is 11.8. The van der Waals surface area contributed by atoms with Gasteiger partial charge in [0.1, 0.15) is 0 Å². The number of ether oxygens (including phenoxy) is 1. The Kier molecular flexibility index (Phi) is 3.45. The van der Waals surface area contributed by atoms with Crippen LogP contribution in [0.25, 0.3) is 0 Å². The zero-order valence-electron chi connectivity index (χ0n) is 10.9. The molecular weight excluding hydrogens is 248 g/mol. The van der Waals surface area contributed by atoms with Crippen LogP contribution >= 0.6 is 0 Å². The minimum Gasteiger partial charge on any atom is -0.481 e. The number of carboxylic acids is 1. The van der Waals surface area contributed by atoms with Crippen molar-refractivity contribution in [2.24, 2.45) is 17.8 Å². The lowest BCUT2D eigenvalue weighted by atomic mass is 10.2. The summed E-state index contributed by atoms with van der Waals surface area (Å²) < 4.78 is 5.44. The molecule has 0 aromatic heterocycles. The van der Waals surface area contributed by atoms with Crippen LogP contribution in [0.5, 0.6) is 0 Å². The number of carboxylic acid groups (broad SMARTS) is 1. The Morgan fingerprint density at radius 2 is 2.05 bits per heavy atom. The lowest BCUT2D eigenvalue weighted by Gasteiger charge is -2.18. The van der Waals surface area contributed by atoms with E-state index in [0.29, 0.717) is 13.1 Å². The van der Waals surface area contributed by atoms with Gasteiger partial charge in [-0.1, -0.05) is 0 Å². The molecule has 3 aliphatic rings. The topological polar surface area (TPSA) is 78.9 Å². The predicted molar refractivity (Wildman–Crippen MR) is 66.5 cm³/mol. The summed E-state index contributed by atoms with van der Waals surface area (Å²) in [5.74, 6) is -0.292. The monoisotopic (exact) mass is 268 g/mol. The van der Waals surface area contributed by atoms with E-state index in [0.717, 1.165) is 32.5 Å². The Bertz CT molecular complexity index is 369. The van der Waals surface area contributed by atoms with Gasteiger partial charge in [-0.2, -0.15) is 0 Å². The number of hydrogen-bond acceptors (Lipinski definition) is 4. The molecule has 4 atom stereocenters. The Balaban J connectivity index is 1.34. The number of carbonyl (C=O) groups excluding carboxylic acids is 1. The third-order valence-corrected chi connectivity index (χ3v) is 4.47. The first kappa shape index (κ1) is 12.9. The molecule has 2 N–H and O–H groups in total. The van der Waals surface area contributed by atoms with E-state index in [9.17, 15) is 9.59 Å². The van der Waals surface area contributed by atoms with Gasteiger partial charge in [0.15, 0.2) is 0 Å². The van der Waals surface area contributed by atoms with E-state index < -0.39 is 5.97 Å². The first-order valence-corrected chi connectivity index (χ1v) is 6.98. The average Bonchev–Trinajstić information content (AvgIpc) is 2.78. The molecule has 3 fully saturated rings. The zero-order chi connectivity index (χ0) is 13.4. The van der Waals surface area contributed by atoms with Crippen molar-refractivity contribution in [3.8, 4) is 0 Å². The summed E-state index contributed by atoms with van der Waals surface area (Å²) in [4.78, 5) is 24.7. The van der Waals surface area contributed by atoms with Crippen molar-refractivity contribution in [2.75, 3.05) is 32.8 Å². The molecule has 2 unspecified atom stereocenters. The van der Waals surface area contributed by atoms with Crippen LogP contribution in [-0.4, -0.2) is 60.8 Å². The van der Waals surface area contributed by atoms with Gasteiger partial charge in [-0.15, -0.1) is 0 Å². The van der Waals surface area contributed by atoms with E-state index in [4.69, 9.17) is 9.84 Å². The average molecular weight is 268 g/mol. The molecule has 0 radical (unpaired) electrons. The summed E-state index contributed by atoms with van der Waals surface area (Å²) in [5.41, 5.74) is 0. The molecule has 106 valence electrons. The minimum absolute atomic E-state index is 0.0173. The molecule has 1 saturated carbocycles. The Hall–Kier alpha value is -1.14. The van der Waals surface area contributed by atoms with E-state index in [1.165, 1.54) is 0 Å². The third-order valence-electron chi connectivity index (χ3n) is 4.47. The van der Waals surface area contributed by atoms with Crippen LogP contribution in [0.1, 0.15) is 12.8 Å². The van der Waals surface area contributed by atoms with Crippen LogP contribution in [-0.2, 0) is 14.3 Å². The van der Waals surface area contributed by atoms with E-state index >= 15 is 0 Å². The van der Waals surface area contributed by atoms with Gasteiger partial charge in [0.2, 0.25) is 5.91 Å². The van der Waals surface area contributed by atoms with E-state index in [-0.39, 0.29) is 29.8 Å². The molecule has 2 aliphatic heterocycles. The fourth-order valence-electron chi connectivity index (χ4n) is 3.40. The van der Waals surface area contributed by atoms with Crippen LogP contribution in [0.2, 0.25) is 0 Å². The summed E-state index contributed by atoms with van der Waals surface area (Å²) in [6, 6.07) is 0. The normalized spacial score (nSPS) is 37.1. The van der Waals surface area contributed by atoms with Crippen molar-refractivity contribution in [3.63, 3.8) is 0 Å². The second-order valence-electron chi connectivity index (χ2n) is 5.82. The van der Waals surface area contributed by atoms with Crippen LogP contribution < -0.4 is 5.32 Å². The molecule has 6 heteroatoms. The predicted octanol–water partition coefficient (Wildman–Crippen LogP) is -0.456. The van der Waals surface area contributed by atoms with Gasteiger partial charge in [-0.05, 0) is 24.7 Å². The van der Waals surface area contributed by atoms with Gasteiger partial charge in [-0.25, -0.2) is 0 Å². The molecule has 2 heterocycles. The number of hydrogen-bond donors (Lipinski definition) is 2. The zero-order valence-corrected chi connectivity index (χ0v) is 10.9. The SMILES string of the molecule is O=C(CN1C[C@@H]2C(C(=O)O)[C@@H]2C1)NCC1CCCO1. The van der Waals surface area contributed by atoms with Crippen LogP contribution in [0.15, 0.2) is 0 Å². The van der Waals surface area contributed by atoms with Gasteiger partial charge >= 0.3 is 5.97 Å². The molecule has 1 amide bonds. The number of carbonyl (C=O) groups is 2. The van der Waals surface area contributed by atoms with Crippen molar-refractivity contribution in [3.05, 3.63) is 0 Å². The number of fused-ring (bicyclic) bond motifs is 1. The number of likely N-dealkylation sites (tertiary alicyclic amines) is 1. The minimum atomic E-state index is -0.683. The third kappa shape index (κ3) is 2.74. The molecule has 19 heavy (non-hydrogen) atoms. The molecular formula is C13H20N2O4. The van der Waals surface area contributed by atoms with E-state index in [1.54, 1.807) is 0 Å². The fourth-order valence-corrected chi connectivity index (χ4v) is 3.40. The molecule has 0 spiro atoms. The maximum absolute atomic E-state index is 11.8. The summed E-state index contributed by atoms with van der Waals surface area (Å²) in [7, 11) is 0. The molecule has 1 aliphatic carbocycles. The highest BCUT2D eigenvalue weighted by Gasteiger charge is 2.59. The highest BCUT2D eigenvalue weighted by molar-refractivity contribution is 5.78. The van der Waals surface area contributed by atoms with Crippen molar-refractivity contribution >= 4 is 11.9 Å². The Morgan fingerprint density at radius 3 is 2.63 bits per heavy atom. The van der Waals surface area contributed by atoms with Gasteiger partial charge in [-0.3, -0.25) is 14.5 Å². The number of aliphatic carboxylic acids is 1. The second-order valence-corrected chi connectivity index (χ2v) is 5.82. The largest absolute Gasteiger partial charge is 0.481 e. The molecule has 3 rings (SSSR count). The molecule has 0 aromatic rings. The summed E-state index contributed by atoms with van der Waals surface area (Å²) in [6.45, 7) is 3.26. The standard InChI is InChI=1S/C13H20N2O4/c16-11(14-4-8-2-1-3-19-8)7-15-5-9-10(6-15)12(9)13(17)18/h8-10,12H,1-7H2,(H,14,16)(H,17,18)/t8?,9-,10+,12?. The quantitative estimate of drug-likeness (QED) is 0.705. The van der Waals surface area contributed by atoms with Crippen LogP contribution in [0.3, 0.4) is 0 Å². The number of rotatable bonds is 5. The smallest absolute Gasteiger partial charge is 0.307 e. The van der Waals surface area contributed by atoms with E-state index in [1.807, 2.05) is 0 Å². The van der Waals surface area contributed by atoms with Crippen LogP contribution in [0, 0.1) is 17.8 Å². The van der Waals surface area contributed by atoms with Crippen molar-refractivity contribution < 1.29 is 19.4 Å². The highest BCUT2D eigenvalue weighted by atomic mass is 16.5. The van der Waals surface area contributed by atoms with Gasteiger partial charge in [0.05, 0.1) is 18.6 Å². The molecule has 2 saturated heterocycles. The van der Waals surface area contributed by atoms with E-state index in [2.05, 4.69) is 10.2 Å². The van der Waals surface area contributed by atoms with Crippen molar-refractivity contribution in [1.82, 2.24) is 10.2 Å². The molecule has 0 bridgehead atoms. The molecule has 0 aromatic carbocycles. The van der Waals surface area contributed by atoms with Gasteiger partial charge < -0.3 is 15.2 Å². The lowest BCUT2D eigenvalue weighted by Crippen LogP contribution is -2.40. The number of amides is 1. The summed E-state index contributed by atoms with van der Waals surface area (Å²) >= 11 is 0. The summed E-state index contributed by atoms with van der Waals surface area (Å²) in [6.07, 6.45) is 2.27. The lowest BCUT2D eigenvalue weighted by molar-refractivity contribution is -0.139. The molecule has 6 nitrogen and oxygen atoms in total. The number of nitrogens with one attached hydrogen (secondary N) is 1. The number of piperidine rings is 1. The Morgan fingerprint density at radius 1 is 1.32 bits per heavy atom. The maximum atomic E-state index is 11.8. The fraction of sp³-hybridized carbons (Fsp3) is 0.846. The second kappa shape index (κ2) is 5.09. The first-order chi connectivity index (χ1) is 9.15. The first-order valence-electron chi connectivity index (χ1n) is 6.98. The van der Waals surface area contributed by atoms with Gasteiger partial charge in [0, 0.05) is 26.2 Å². The van der Waals surface area contributed by atoms with Crippen molar-refractivity contribution in [2.45, 2.75) is 18.9 Å².